The number of rotatable bonds is 3. The van der Waals surface area contributed by atoms with Gasteiger partial charge in [0.25, 0.3) is 0 Å². The second-order valence-electron chi connectivity index (χ2n) is 5.55. The number of amides is 1. The van der Waals surface area contributed by atoms with Crippen LogP contribution in [0.15, 0.2) is 21.8 Å². The molecule has 0 radical (unpaired) electrons. The molecule has 0 bridgehead atoms. The molecule has 0 aliphatic carbocycles. The molecule has 4 nitrogen and oxygen atoms in total. The summed E-state index contributed by atoms with van der Waals surface area (Å²) in [4.78, 5) is 21.2. The summed E-state index contributed by atoms with van der Waals surface area (Å²) in [6.07, 6.45) is 1.49. The third kappa shape index (κ3) is 3.80. The van der Waals surface area contributed by atoms with Crippen molar-refractivity contribution >= 4 is 34.2 Å². The molecule has 6 heteroatoms. The van der Waals surface area contributed by atoms with E-state index in [0.717, 1.165) is 39.1 Å². The van der Waals surface area contributed by atoms with E-state index in [1.165, 1.54) is 10.7 Å². The van der Waals surface area contributed by atoms with Crippen LogP contribution in [0.25, 0.3) is 0 Å². The fourth-order valence-corrected chi connectivity index (χ4v) is 4.32. The zero-order valence-electron chi connectivity index (χ0n) is 12.3. The summed E-state index contributed by atoms with van der Waals surface area (Å²) >= 11 is 3.56. The number of carbonyl (C=O) groups excluding carboxylic acids is 1. The highest BCUT2D eigenvalue weighted by Gasteiger charge is 2.26. The third-order valence-electron chi connectivity index (χ3n) is 3.90. The summed E-state index contributed by atoms with van der Waals surface area (Å²) in [7, 11) is 0. The van der Waals surface area contributed by atoms with Crippen molar-refractivity contribution < 1.29 is 4.79 Å². The highest BCUT2D eigenvalue weighted by Crippen LogP contribution is 2.23. The van der Waals surface area contributed by atoms with Gasteiger partial charge >= 0.3 is 0 Å². The summed E-state index contributed by atoms with van der Waals surface area (Å²) in [6.45, 7) is 6.64. The molecule has 3 heterocycles. The molecule has 0 saturated carbocycles. The largest absolute Gasteiger partial charge is 0.348 e. The van der Waals surface area contributed by atoms with Crippen LogP contribution in [0.2, 0.25) is 0 Å². The number of thioether (sulfide) groups is 1. The lowest BCUT2D eigenvalue weighted by Gasteiger charge is -2.35. The third-order valence-corrected chi connectivity index (χ3v) is 5.78. The standard InChI is InChI=1S/C15H21N3OS2/c1-12-10-16-15(21-12)18-7-5-17(6-8-18)14(19)3-2-13-4-9-20-11-13/h4,9,11-12H,2-3,5-8,10H2,1H3/t12-/m1/s1. The van der Waals surface area contributed by atoms with Crippen LogP contribution in [-0.2, 0) is 11.2 Å². The summed E-state index contributed by atoms with van der Waals surface area (Å²) in [6, 6.07) is 2.10. The molecule has 1 aromatic rings. The maximum absolute atomic E-state index is 12.2. The number of hydrogen-bond donors (Lipinski definition) is 0. The van der Waals surface area contributed by atoms with Crippen molar-refractivity contribution in [3.8, 4) is 0 Å². The Bertz CT molecular complexity index is 507. The minimum absolute atomic E-state index is 0.287. The van der Waals surface area contributed by atoms with Gasteiger partial charge in [-0.2, -0.15) is 11.3 Å². The molecule has 114 valence electrons. The summed E-state index contributed by atoms with van der Waals surface area (Å²) in [5.74, 6) is 0.287. The average molecular weight is 323 g/mol. The first-order valence-corrected chi connectivity index (χ1v) is 9.29. The van der Waals surface area contributed by atoms with Gasteiger partial charge in [0.1, 0.15) is 0 Å². The fraction of sp³-hybridized carbons (Fsp3) is 0.600. The van der Waals surface area contributed by atoms with Crippen molar-refractivity contribution in [2.45, 2.75) is 25.0 Å². The molecule has 1 aromatic heterocycles. The first kappa shape index (κ1) is 14.9. The van der Waals surface area contributed by atoms with Crippen molar-refractivity contribution in [3.63, 3.8) is 0 Å². The zero-order valence-corrected chi connectivity index (χ0v) is 14.0. The monoisotopic (exact) mass is 323 g/mol. The smallest absolute Gasteiger partial charge is 0.223 e. The Balaban J connectivity index is 1.43. The normalized spacial score (nSPS) is 22.5. The molecule has 2 aliphatic rings. The van der Waals surface area contributed by atoms with E-state index in [4.69, 9.17) is 0 Å². The molecule has 1 amide bonds. The summed E-state index contributed by atoms with van der Waals surface area (Å²) in [5.41, 5.74) is 1.28. The van der Waals surface area contributed by atoms with Crippen LogP contribution in [0.1, 0.15) is 18.9 Å². The topological polar surface area (TPSA) is 35.9 Å². The van der Waals surface area contributed by atoms with E-state index in [-0.39, 0.29) is 5.91 Å². The molecule has 0 spiro atoms. The van der Waals surface area contributed by atoms with Crippen LogP contribution in [-0.4, -0.2) is 58.8 Å². The Kier molecular flexibility index (Phi) is 4.85. The molecule has 1 fully saturated rings. The number of aliphatic imine (C=N–C) groups is 1. The van der Waals surface area contributed by atoms with Crippen LogP contribution in [0.4, 0.5) is 0 Å². The number of aryl methyl sites for hydroxylation is 1. The lowest BCUT2D eigenvalue weighted by Crippen LogP contribution is -2.49. The van der Waals surface area contributed by atoms with Crippen molar-refractivity contribution in [2.75, 3.05) is 32.7 Å². The molecule has 21 heavy (non-hydrogen) atoms. The van der Waals surface area contributed by atoms with E-state index in [1.807, 2.05) is 16.7 Å². The minimum atomic E-state index is 0.287. The summed E-state index contributed by atoms with van der Waals surface area (Å²) in [5, 5.41) is 5.97. The van der Waals surface area contributed by atoms with E-state index >= 15 is 0 Å². The predicted molar refractivity (Wildman–Crippen MR) is 90.1 cm³/mol. The number of carbonyl (C=O) groups is 1. The molecule has 1 saturated heterocycles. The number of hydrogen-bond acceptors (Lipinski definition) is 5. The molecule has 1 atom stereocenters. The van der Waals surface area contributed by atoms with Crippen LogP contribution in [0.3, 0.4) is 0 Å². The van der Waals surface area contributed by atoms with Crippen LogP contribution < -0.4 is 0 Å². The Morgan fingerprint density at radius 2 is 2.19 bits per heavy atom. The molecule has 3 rings (SSSR count). The second-order valence-corrected chi connectivity index (χ2v) is 7.74. The van der Waals surface area contributed by atoms with Crippen LogP contribution in [0, 0.1) is 0 Å². The molecule has 0 N–H and O–H groups in total. The SMILES string of the molecule is C[C@@H]1CN=C(N2CCN(C(=O)CCc3ccsc3)CC2)S1. The van der Waals surface area contributed by atoms with Crippen LogP contribution in [0.5, 0.6) is 0 Å². The molecule has 0 unspecified atom stereocenters. The van der Waals surface area contributed by atoms with E-state index in [9.17, 15) is 4.79 Å². The average Bonchev–Trinajstić information content (AvgIpc) is 3.16. The lowest BCUT2D eigenvalue weighted by atomic mass is 10.1. The van der Waals surface area contributed by atoms with Gasteiger partial charge in [0.15, 0.2) is 5.17 Å². The first-order chi connectivity index (χ1) is 10.2. The van der Waals surface area contributed by atoms with E-state index in [2.05, 4.69) is 33.6 Å². The van der Waals surface area contributed by atoms with Gasteiger partial charge in [0, 0.05) is 37.8 Å². The quantitative estimate of drug-likeness (QED) is 0.856. The van der Waals surface area contributed by atoms with E-state index in [0.29, 0.717) is 11.7 Å². The Morgan fingerprint density at radius 1 is 1.38 bits per heavy atom. The Hall–Kier alpha value is -1.01. The Morgan fingerprint density at radius 3 is 2.81 bits per heavy atom. The fourth-order valence-electron chi connectivity index (χ4n) is 2.63. The van der Waals surface area contributed by atoms with E-state index in [1.54, 1.807) is 11.3 Å². The van der Waals surface area contributed by atoms with Gasteiger partial charge in [-0.1, -0.05) is 18.7 Å². The summed E-state index contributed by atoms with van der Waals surface area (Å²) < 4.78 is 0. The number of nitrogens with zero attached hydrogens (tertiary/aromatic N) is 3. The highest BCUT2D eigenvalue weighted by atomic mass is 32.2. The maximum Gasteiger partial charge on any atom is 0.223 e. The number of piperazine rings is 1. The van der Waals surface area contributed by atoms with Crippen molar-refractivity contribution in [2.24, 2.45) is 4.99 Å². The van der Waals surface area contributed by atoms with Crippen molar-refractivity contribution in [3.05, 3.63) is 22.4 Å². The lowest BCUT2D eigenvalue weighted by molar-refractivity contribution is -0.132. The highest BCUT2D eigenvalue weighted by molar-refractivity contribution is 8.14. The van der Waals surface area contributed by atoms with Gasteiger partial charge in [0.2, 0.25) is 5.91 Å². The molecule has 0 aromatic carbocycles. The molecular formula is C15H21N3OS2. The van der Waals surface area contributed by atoms with Crippen LogP contribution >= 0.6 is 23.1 Å². The number of amidine groups is 1. The van der Waals surface area contributed by atoms with Gasteiger partial charge < -0.3 is 9.80 Å². The van der Waals surface area contributed by atoms with Gasteiger partial charge in [-0.15, -0.1) is 0 Å². The Labute approximate surface area is 134 Å². The van der Waals surface area contributed by atoms with Gasteiger partial charge in [-0.05, 0) is 28.8 Å². The van der Waals surface area contributed by atoms with Crippen molar-refractivity contribution in [1.82, 2.24) is 9.80 Å². The molecule has 2 aliphatic heterocycles. The number of thiophene rings is 1. The first-order valence-electron chi connectivity index (χ1n) is 7.47. The van der Waals surface area contributed by atoms with Gasteiger partial charge in [0.05, 0.1) is 6.54 Å². The van der Waals surface area contributed by atoms with E-state index < -0.39 is 0 Å². The van der Waals surface area contributed by atoms with Gasteiger partial charge in [-0.25, -0.2) is 0 Å². The second kappa shape index (κ2) is 6.83. The predicted octanol–water partition coefficient (Wildman–Crippen LogP) is 2.32. The zero-order chi connectivity index (χ0) is 14.7. The van der Waals surface area contributed by atoms with Gasteiger partial charge in [-0.3, -0.25) is 9.79 Å². The maximum atomic E-state index is 12.2. The minimum Gasteiger partial charge on any atom is -0.348 e. The van der Waals surface area contributed by atoms with Crippen molar-refractivity contribution in [1.29, 1.82) is 0 Å². The molecular weight excluding hydrogens is 302 g/mol.